The van der Waals surface area contributed by atoms with E-state index in [1.807, 2.05) is 36.2 Å². The second-order valence-corrected chi connectivity index (χ2v) is 6.45. The molecule has 3 rings (SSSR count). The number of carbonyl (C=O) groups excluding carboxylic acids is 1. The average molecular weight is 288 g/mol. The van der Waals surface area contributed by atoms with E-state index in [1.165, 1.54) is 0 Å². The number of piperazine rings is 1. The summed E-state index contributed by atoms with van der Waals surface area (Å²) in [5, 5.41) is 0. The maximum atomic E-state index is 12.5. The first-order chi connectivity index (χ1) is 10.1. The molecule has 5 nitrogen and oxygen atoms in total. The Labute approximate surface area is 126 Å². The molecule has 114 valence electrons. The van der Waals surface area contributed by atoms with Gasteiger partial charge in [0, 0.05) is 38.9 Å². The van der Waals surface area contributed by atoms with E-state index in [2.05, 4.69) is 9.88 Å². The smallest absolute Gasteiger partial charge is 0.242 e. The van der Waals surface area contributed by atoms with E-state index in [0.717, 1.165) is 51.3 Å². The zero-order valence-electron chi connectivity index (χ0n) is 12.7. The Hall–Kier alpha value is -1.46. The van der Waals surface area contributed by atoms with Gasteiger partial charge in [0.05, 0.1) is 11.2 Å². The lowest BCUT2D eigenvalue weighted by molar-refractivity contribution is -0.139. The molecular formula is C16H24N4O. The molecular weight excluding hydrogens is 264 g/mol. The minimum absolute atomic E-state index is 0.127. The minimum atomic E-state index is -0.664. The summed E-state index contributed by atoms with van der Waals surface area (Å²) >= 11 is 0. The van der Waals surface area contributed by atoms with Crippen LogP contribution >= 0.6 is 0 Å². The number of hydrogen-bond acceptors (Lipinski definition) is 4. The van der Waals surface area contributed by atoms with Gasteiger partial charge in [0.25, 0.3) is 0 Å². The quantitative estimate of drug-likeness (QED) is 0.892. The van der Waals surface area contributed by atoms with Gasteiger partial charge in [-0.05, 0) is 37.8 Å². The average Bonchev–Trinajstić information content (AvgIpc) is 3.33. The molecule has 2 aliphatic rings. The van der Waals surface area contributed by atoms with Gasteiger partial charge < -0.3 is 10.6 Å². The molecule has 2 heterocycles. The van der Waals surface area contributed by atoms with E-state index in [0.29, 0.717) is 5.92 Å². The summed E-state index contributed by atoms with van der Waals surface area (Å²) in [4.78, 5) is 21.2. The topological polar surface area (TPSA) is 62.5 Å². The van der Waals surface area contributed by atoms with E-state index in [4.69, 9.17) is 5.73 Å². The Morgan fingerprint density at radius 2 is 2.05 bits per heavy atom. The van der Waals surface area contributed by atoms with E-state index >= 15 is 0 Å². The van der Waals surface area contributed by atoms with Gasteiger partial charge in [-0.1, -0.05) is 6.07 Å². The fourth-order valence-electron chi connectivity index (χ4n) is 3.03. The second-order valence-electron chi connectivity index (χ2n) is 6.45. The van der Waals surface area contributed by atoms with E-state index in [-0.39, 0.29) is 5.91 Å². The Bertz CT molecular complexity index is 490. The van der Waals surface area contributed by atoms with Crippen molar-refractivity contribution in [3.05, 3.63) is 30.1 Å². The van der Waals surface area contributed by atoms with Gasteiger partial charge in [0.1, 0.15) is 0 Å². The molecule has 0 spiro atoms. The lowest BCUT2D eigenvalue weighted by Gasteiger charge is -2.38. The Morgan fingerprint density at radius 3 is 2.62 bits per heavy atom. The Balaban J connectivity index is 1.52. The maximum Gasteiger partial charge on any atom is 0.242 e. The normalized spacial score (nSPS) is 22.9. The van der Waals surface area contributed by atoms with Crippen molar-refractivity contribution in [2.75, 3.05) is 26.2 Å². The predicted molar refractivity (Wildman–Crippen MR) is 81.4 cm³/mol. The molecule has 2 N–H and O–H groups in total. The molecule has 0 aromatic carbocycles. The summed E-state index contributed by atoms with van der Waals surface area (Å²) in [5.74, 6) is 0.513. The highest BCUT2D eigenvalue weighted by molar-refractivity contribution is 5.86. The summed E-state index contributed by atoms with van der Waals surface area (Å²) in [5.41, 5.74) is 6.66. The Kier molecular flexibility index (Phi) is 3.95. The molecule has 1 amide bonds. The van der Waals surface area contributed by atoms with Gasteiger partial charge in [-0.2, -0.15) is 0 Å². The van der Waals surface area contributed by atoms with Crippen LogP contribution < -0.4 is 5.73 Å². The lowest BCUT2D eigenvalue weighted by Crippen LogP contribution is -2.59. The van der Waals surface area contributed by atoms with Gasteiger partial charge in [-0.3, -0.25) is 14.7 Å². The molecule has 1 atom stereocenters. The maximum absolute atomic E-state index is 12.5. The van der Waals surface area contributed by atoms with Crippen molar-refractivity contribution in [3.63, 3.8) is 0 Å². The van der Waals surface area contributed by atoms with Gasteiger partial charge >= 0.3 is 0 Å². The molecule has 1 unspecified atom stereocenters. The van der Waals surface area contributed by atoms with Crippen LogP contribution in [0.3, 0.4) is 0 Å². The standard InChI is InChI=1S/C16H24N4O/c1-16(17,13-5-6-13)15(21)20-10-8-19(9-11-20)12-14-4-2-3-7-18-14/h2-4,7,13H,5-6,8-12,17H2,1H3. The molecule has 1 aromatic heterocycles. The molecule has 1 saturated heterocycles. The van der Waals surface area contributed by atoms with Crippen LogP contribution in [0.1, 0.15) is 25.5 Å². The fourth-order valence-corrected chi connectivity index (χ4v) is 3.03. The number of amides is 1. The first-order valence-electron chi connectivity index (χ1n) is 7.78. The minimum Gasteiger partial charge on any atom is -0.339 e. The third kappa shape index (κ3) is 3.24. The Morgan fingerprint density at radius 1 is 1.33 bits per heavy atom. The number of nitrogens with two attached hydrogens (primary N) is 1. The molecule has 2 fully saturated rings. The van der Waals surface area contributed by atoms with Crippen LogP contribution in [0.25, 0.3) is 0 Å². The number of nitrogens with zero attached hydrogens (tertiary/aromatic N) is 3. The summed E-state index contributed by atoms with van der Waals surface area (Å²) in [6.07, 6.45) is 4.02. The number of pyridine rings is 1. The van der Waals surface area contributed by atoms with Crippen molar-refractivity contribution in [3.8, 4) is 0 Å². The van der Waals surface area contributed by atoms with Gasteiger partial charge in [0.15, 0.2) is 0 Å². The van der Waals surface area contributed by atoms with Crippen LogP contribution in [0.4, 0.5) is 0 Å². The third-order valence-electron chi connectivity index (χ3n) is 4.66. The zero-order valence-corrected chi connectivity index (χ0v) is 12.7. The largest absolute Gasteiger partial charge is 0.339 e. The fraction of sp³-hybridized carbons (Fsp3) is 0.625. The number of rotatable bonds is 4. The van der Waals surface area contributed by atoms with Crippen molar-refractivity contribution in [2.45, 2.75) is 31.8 Å². The summed E-state index contributed by atoms with van der Waals surface area (Å²) in [6.45, 7) is 6.07. The highest BCUT2D eigenvalue weighted by Gasteiger charge is 2.46. The monoisotopic (exact) mass is 288 g/mol. The second kappa shape index (κ2) is 5.73. The SMILES string of the molecule is CC(N)(C(=O)N1CCN(Cc2ccccn2)CC1)C1CC1. The number of carbonyl (C=O) groups is 1. The van der Waals surface area contributed by atoms with Crippen molar-refractivity contribution in [1.82, 2.24) is 14.8 Å². The molecule has 1 aliphatic heterocycles. The van der Waals surface area contributed by atoms with Gasteiger partial charge in [0.2, 0.25) is 5.91 Å². The molecule has 1 aromatic rings. The predicted octanol–water partition coefficient (Wildman–Crippen LogP) is 0.853. The van der Waals surface area contributed by atoms with Crippen LogP contribution in [-0.4, -0.2) is 52.4 Å². The molecule has 0 bridgehead atoms. The van der Waals surface area contributed by atoms with Crippen molar-refractivity contribution < 1.29 is 4.79 Å². The lowest BCUT2D eigenvalue weighted by atomic mass is 9.95. The van der Waals surface area contributed by atoms with Crippen LogP contribution in [0.5, 0.6) is 0 Å². The number of hydrogen-bond donors (Lipinski definition) is 1. The molecule has 1 saturated carbocycles. The van der Waals surface area contributed by atoms with Crippen LogP contribution in [0.2, 0.25) is 0 Å². The molecule has 0 radical (unpaired) electrons. The van der Waals surface area contributed by atoms with Crippen LogP contribution in [-0.2, 0) is 11.3 Å². The van der Waals surface area contributed by atoms with Crippen molar-refractivity contribution >= 4 is 5.91 Å². The highest BCUT2D eigenvalue weighted by Crippen LogP contribution is 2.39. The summed E-state index contributed by atoms with van der Waals surface area (Å²) < 4.78 is 0. The van der Waals surface area contributed by atoms with Crippen molar-refractivity contribution in [2.24, 2.45) is 11.7 Å². The van der Waals surface area contributed by atoms with E-state index in [9.17, 15) is 4.79 Å². The van der Waals surface area contributed by atoms with E-state index < -0.39 is 5.54 Å². The summed E-state index contributed by atoms with van der Waals surface area (Å²) in [7, 11) is 0. The van der Waals surface area contributed by atoms with Gasteiger partial charge in [-0.15, -0.1) is 0 Å². The van der Waals surface area contributed by atoms with Crippen LogP contribution in [0, 0.1) is 5.92 Å². The van der Waals surface area contributed by atoms with Crippen LogP contribution in [0.15, 0.2) is 24.4 Å². The van der Waals surface area contributed by atoms with Gasteiger partial charge in [-0.25, -0.2) is 0 Å². The molecule has 1 aliphatic carbocycles. The first kappa shape index (κ1) is 14.5. The highest BCUT2D eigenvalue weighted by atomic mass is 16.2. The zero-order chi connectivity index (χ0) is 14.9. The number of aromatic nitrogens is 1. The molecule has 5 heteroatoms. The molecule has 21 heavy (non-hydrogen) atoms. The third-order valence-corrected chi connectivity index (χ3v) is 4.66. The van der Waals surface area contributed by atoms with Crippen molar-refractivity contribution in [1.29, 1.82) is 0 Å². The van der Waals surface area contributed by atoms with E-state index in [1.54, 1.807) is 0 Å². The summed E-state index contributed by atoms with van der Waals surface area (Å²) in [6, 6.07) is 5.99. The first-order valence-corrected chi connectivity index (χ1v) is 7.78.